The molecular formula is C56H39N5. The van der Waals surface area contributed by atoms with Crippen molar-refractivity contribution in [1.29, 1.82) is 0 Å². The molecule has 5 nitrogen and oxygen atoms in total. The molecule has 0 amide bonds. The third kappa shape index (κ3) is 6.55. The summed E-state index contributed by atoms with van der Waals surface area (Å²) in [6.45, 7) is 0. The molecule has 0 atom stereocenters. The molecule has 61 heavy (non-hydrogen) atoms. The van der Waals surface area contributed by atoms with Gasteiger partial charge in [-0.2, -0.15) is 0 Å². The first-order valence-electron chi connectivity index (χ1n) is 20.6. The molecule has 0 saturated heterocycles. The van der Waals surface area contributed by atoms with E-state index in [0.717, 1.165) is 84.4 Å². The van der Waals surface area contributed by atoms with Crippen LogP contribution < -0.4 is 9.80 Å². The third-order valence-corrected chi connectivity index (χ3v) is 11.3. The number of benzene rings is 9. The van der Waals surface area contributed by atoms with Gasteiger partial charge in [-0.1, -0.05) is 140 Å². The van der Waals surface area contributed by atoms with Crippen LogP contribution in [0.5, 0.6) is 0 Å². The van der Waals surface area contributed by atoms with Crippen molar-refractivity contribution in [3.8, 4) is 28.3 Å². The smallest absolute Gasteiger partial charge is 0.145 e. The lowest BCUT2D eigenvalue weighted by Crippen LogP contribution is -2.12. The Morgan fingerprint density at radius 1 is 0.344 bits per heavy atom. The van der Waals surface area contributed by atoms with Gasteiger partial charge in [0.15, 0.2) is 0 Å². The van der Waals surface area contributed by atoms with Crippen LogP contribution in [0.15, 0.2) is 237 Å². The summed E-state index contributed by atoms with van der Waals surface area (Å²) in [5.41, 5.74) is 13.3. The monoisotopic (exact) mass is 781 g/mol. The number of para-hydroxylation sites is 4. The summed E-state index contributed by atoms with van der Waals surface area (Å²) in [5.74, 6) is 0.853. The number of aromatic nitrogens is 3. The molecule has 2 aromatic heterocycles. The van der Waals surface area contributed by atoms with E-state index >= 15 is 0 Å². The maximum atomic E-state index is 5.49. The fourth-order valence-corrected chi connectivity index (χ4v) is 8.53. The van der Waals surface area contributed by atoms with Crippen molar-refractivity contribution in [2.24, 2.45) is 0 Å². The van der Waals surface area contributed by atoms with E-state index in [1.807, 2.05) is 12.1 Å². The van der Waals surface area contributed by atoms with E-state index in [1.54, 1.807) is 0 Å². The maximum Gasteiger partial charge on any atom is 0.145 e. The molecule has 0 aliphatic rings. The van der Waals surface area contributed by atoms with Crippen molar-refractivity contribution in [3.63, 3.8) is 0 Å². The standard InChI is InChI=1S/C56H39N5/c1-5-19-41(20-6-1)53-55-54(50-29-15-16-30-51(50)57-53)58-56(61(55)45-26-11-4-12-27-45)42-32-34-47(35-33-42)60(52-31-17-21-40-18-13-14-28-49(40)52)48-38-36-46(37-39-48)59(43-22-7-2-8-23-43)44-24-9-3-10-25-44/h1-39H. The molecule has 11 rings (SSSR count). The van der Waals surface area contributed by atoms with E-state index in [4.69, 9.17) is 9.97 Å². The Balaban J connectivity index is 1.07. The lowest BCUT2D eigenvalue weighted by Gasteiger charge is -2.29. The Morgan fingerprint density at radius 3 is 1.49 bits per heavy atom. The van der Waals surface area contributed by atoms with Crippen molar-refractivity contribution in [2.75, 3.05) is 9.80 Å². The van der Waals surface area contributed by atoms with Gasteiger partial charge in [0.2, 0.25) is 0 Å². The van der Waals surface area contributed by atoms with Crippen molar-refractivity contribution in [3.05, 3.63) is 237 Å². The second kappa shape index (κ2) is 15.5. The molecular weight excluding hydrogens is 743 g/mol. The van der Waals surface area contributed by atoms with Gasteiger partial charge in [-0.15, -0.1) is 0 Å². The zero-order chi connectivity index (χ0) is 40.5. The summed E-state index contributed by atoms with van der Waals surface area (Å²) in [5, 5.41) is 3.38. The van der Waals surface area contributed by atoms with Gasteiger partial charge < -0.3 is 9.80 Å². The number of pyridine rings is 1. The molecule has 0 fully saturated rings. The minimum Gasteiger partial charge on any atom is -0.311 e. The summed E-state index contributed by atoms with van der Waals surface area (Å²) in [6, 6.07) is 83.2. The molecule has 288 valence electrons. The SMILES string of the molecule is c1ccc(-c2nc3ccccc3c3nc(-c4ccc(N(c5ccc(N(c6ccccc6)c6ccccc6)cc5)c5cccc6ccccc56)cc4)n(-c4ccccc4)c23)cc1. The second-order valence-electron chi connectivity index (χ2n) is 15.1. The predicted octanol–water partition coefficient (Wildman–Crippen LogP) is 15.0. The predicted molar refractivity (Wildman–Crippen MR) is 254 cm³/mol. The summed E-state index contributed by atoms with van der Waals surface area (Å²) >= 11 is 0. The van der Waals surface area contributed by atoms with Gasteiger partial charge in [0.1, 0.15) is 16.9 Å². The van der Waals surface area contributed by atoms with Gasteiger partial charge in [0.25, 0.3) is 0 Å². The van der Waals surface area contributed by atoms with Crippen LogP contribution in [0.4, 0.5) is 34.1 Å². The molecule has 11 aromatic rings. The number of anilines is 6. The van der Waals surface area contributed by atoms with Crippen molar-refractivity contribution < 1.29 is 0 Å². The number of hydrogen-bond donors (Lipinski definition) is 0. The normalized spacial score (nSPS) is 11.3. The van der Waals surface area contributed by atoms with Crippen LogP contribution in [-0.4, -0.2) is 14.5 Å². The van der Waals surface area contributed by atoms with Gasteiger partial charge in [0.05, 0.1) is 16.9 Å². The molecule has 0 saturated carbocycles. The van der Waals surface area contributed by atoms with Crippen LogP contribution in [0, 0.1) is 0 Å². The lowest BCUT2D eigenvalue weighted by atomic mass is 10.1. The first-order valence-corrected chi connectivity index (χ1v) is 20.6. The van der Waals surface area contributed by atoms with Gasteiger partial charge in [-0.05, 0) is 102 Å². The van der Waals surface area contributed by atoms with Crippen molar-refractivity contribution in [1.82, 2.24) is 14.5 Å². The van der Waals surface area contributed by atoms with Gasteiger partial charge >= 0.3 is 0 Å². The van der Waals surface area contributed by atoms with Gasteiger partial charge in [-0.25, -0.2) is 9.97 Å². The number of imidazole rings is 1. The highest BCUT2D eigenvalue weighted by Gasteiger charge is 2.23. The Labute approximate surface area is 354 Å². The minimum atomic E-state index is 0.853. The van der Waals surface area contributed by atoms with E-state index in [9.17, 15) is 0 Å². The van der Waals surface area contributed by atoms with Gasteiger partial charge in [-0.3, -0.25) is 4.57 Å². The fraction of sp³-hybridized carbons (Fsp3) is 0. The molecule has 0 N–H and O–H groups in total. The molecule has 0 aliphatic heterocycles. The Bertz CT molecular complexity index is 3230. The number of nitrogens with zero attached hydrogens (tertiary/aromatic N) is 5. The van der Waals surface area contributed by atoms with E-state index in [1.165, 1.54) is 10.8 Å². The molecule has 2 heterocycles. The fourth-order valence-electron chi connectivity index (χ4n) is 8.53. The quantitative estimate of drug-likeness (QED) is 0.146. The van der Waals surface area contributed by atoms with Crippen LogP contribution in [0.3, 0.4) is 0 Å². The highest BCUT2D eigenvalue weighted by Crippen LogP contribution is 2.43. The van der Waals surface area contributed by atoms with Gasteiger partial charge in [0, 0.05) is 56.0 Å². The summed E-state index contributed by atoms with van der Waals surface area (Å²) in [4.78, 5) is 15.4. The maximum absolute atomic E-state index is 5.49. The van der Waals surface area contributed by atoms with E-state index in [0.29, 0.717) is 0 Å². The topological polar surface area (TPSA) is 37.2 Å². The summed E-state index contributed by atoms with van der Waals surface area (Å²) in [6.07, 6.45) is 0. The number of hydrogen-bond acceptors (Lipinski definition) is 4. The molecule has 0 aliphatic carbocycles. The van der Waals surface area contributed by atoms with Crippen LogP contribution in [-0.2, 0) is 0 Å². The molecule has 0 radical (unpaired) electrons. The van der Waals surface area contributed by atoms with Crippen molar-refractivity contribution >= 4 is 66.8 Å². The largest absolute Gasteiger partial charge is 0.311 e. The molecule has 0 spiro atoms. The van der Waals surface area contributed by atoms with E-state index in [2.05, 4.69) is 239 Å². The zero-order valence-electron chi connectivity index (χ0n) is 33.3. The lowest BCUT2D eigenvalue weighted by molar-refractivity contribution is 1.10. The van der Waals surface area contributed by atoms with Crippen LogP contribution in [0.1, 0.15) is 0 Å². The van der Waals surface area contributed by atoms with E-state index in [-0.39, 0.29) is 0 Å². The number of fused-ring (bicyclic) bond motifs is 4. The third-order valence-electron chi connectivity index (χ3n) is 11.3. The summed E-state index contributed by atoms with van der Waals surface area (Å²) in [7, 11) is 0. The second-order valence-corrected chi connectivity index (χ2v) is 15.1. The van der Waals surface area contributed by atoms with Crippen LogP contribution >= 0.6 is 0 Å². The first kappa shape index (κ1) is 35.8. The van der Waals surface area contributed by atoms with Crippen molar-refractivity contribution in [2.45, 2.75) is 0 Å². The number of rotatable bonds is 9. The first-order chi connectivity index (χ1) is 30.3. The van der Waals surface area contributed by atoms with Crippen LogP contribution in [0.2, 0.25) is 0 Å². The highest BCUT2D eigenvalue weighted by atomic mass is 15.2. The minimum absolute atomic E-state index is 0.853. The van der Waals surface area contributed by atoms with Crippen LogP contribution in [0.25, 0.3) is 61.0 Å². The molecule has 9 aromatic carbocycles. The van der Waals surface area contributed by atoms with E-state index < -0.39 is 0 Å². The zero-order valence-corrected chi connectivity index (χ0v) is 33.3. The highest BCUT2D eigenvalue weighted by molar-refractivity contribution is 6.09. The Morgan fingerprint density at radius 2 is 0.836 bits per heavy atom. The Kier molecular flexibility index (Phi) is 9.10. The average Bonchev–Trinajstić information content (AvgIpc) is 3.75. The molecule has 0 unspecified atom stereocenters. The average molecular weight is 782 g/mol. The Hall–Kier alpha value is -8.28. The molecule has 0 bridgehead atoms. The summed E-state index contributed by atoms with van der Waals surface area (Å²) < 4.78 is 2.28. The molecule has 5 heteroatoms.